The van der Waals surface area contributed by atoms with Crippen LogP contribution in [0.5, 0.6) is 5.75 Å². The number of carboxylic acids is 1. The first-order chi connectivity index (χ1) is 11.2. The highest BCUT2D eigenvalue weighted by atomic mass is 16.5. The van der Waals surface area contributed by atoms with E-state index in [-0.39, 0.29) is 24.0 Å². The predicted octanol–water partition coefficient (Wildman–Crippen LogP) is 3.75. The molecule has 0 aliphatic heterocycles. The van der Waals surface area contributed by atoms with Crippen molar-refractivity contribution >= 4 is 12.0 Å². The van der Waals surface area contributed by atoms with E-state index in [1.807, 2.05) is 37.3 Å². The lowest BCUT2D eigenvalue weighted by molar-refractivity contribution is 0.0691. The number of hydrogen-bond acceptors (Lipinski definition) is 4. The molecule has 0 radical (unpaired) electrons. The van der Waals surface area contributed by atoms with Gasteiger partial charge in [0.2, 0.25) is 6.08 Å². The average Bonchev–Trinajstić information content (AvgIpc) is 2.58. The van der Waals surface area contributed by atoms with Gasteiger partial charge in [-0.25, -0.2) is 9.59 Å². The summed E-state index contributed by atoms with van der Waals surface area (Å²) in [7, 11) is 0. The van der Waals surface area contributed by atoms with Crippen LogP contribution in [0.25, 0.3) is 0 Å². The van der Waals surface area contributed by atoms with Crippen molar-refractivity contribution in [2.45, 2.75) is 26.0 Å². The maximum absolute atomic E-state index is 11.3. The van der Waals surface area contributed by atoms with Crippen LogP contribution in [0, 0.1) is 0 Å². The third-order valence-corrected chi connectivity index (χ3v) is 3.45. The number of hydrogen-bond donors (Lipinski definition) is 1. The van der Waals surface area contributed by atoms with E-state index in [1.165, 1.54) is 6.07 Å². The number of isocyanates is 1. The minimum Gasteiger partial charge on any atom is -0.488 e. The number of nitrogens with zero attached hydrogens (tertiary/aromatic N) is 1. The van der Waals surface area contributed by atoms with E-state index < -0.39 is 5.97 Å². The molecule has 0 spiro atoms. The Hall–Kier alpha value is -2.91. The molecule has 2 aromatic rings. The van der Waals surface area contributed by atoms with Crippen molar-refractivity contribution in [2.24, 2.45) is 4.99 Å². The summed E-state index contributed by atoms with van der Waals surface area (Å²) in [6, 6.07) is 13.9. The molecule has 0 fully saturated rings. The summed E-state index contributed by atoms with van der Waals surface area (Å²) in [5.74, 6) is -0.801. The van der Waals surface area contributed by atoms with Gasteiger partial charge in [-0.3, -0.25) is 0 Å². The summed E-state index contributed by atoms with van der Waals surface area (Å²) in [5.41, 5.74) is 1.74. The lowest BCUT2D eigenvalue weighted by atomic mass is 10.0. The van der Waals surface area contributed by atoms with E-state index in [9.17, 15) is 14.7 Å². The van der Waals surface area contributed by atoms with Crippen molar-refractivity contribution in [1.82, 2.24) is 0 Å². The Bertz CT molecular complexity index is 721. The molecule has 23 heavy (non-hydrogen) atoms. The molecule has 2 aromatic carbocycles. The number of benzene rings is 2. The van der Waals surface area contributed by atoms with Crippen LogP contribution in [0.4, 0.5) is 0 Å². The summed E-state index contributed by atoms with van der Waals surface area (Å²) in [4.78, 5) is 25.6. The van der Waals surface area contributed by atoms with Gasteiger partial charge in [-0.05, 0) is 29.7 Å². The fourth-order valence-corrected chi connectivity index (χ4v) is 2.24. The summed E-state index contributed by atoms with van der Waals surface area (Å²) < 4.78 is 5.68. The van der Waals surface area contributed by atoms with Gasteiger partial charge in [0.25, 0.3) is 0 Å². The van der Waals surface area contributed by atoms with E-state index in [0.29, 0.717) is 6.42 Å². The van der Waals surface area contributed by atoms with Crippen molar-refractivity contribution in [3.8, 4) is 5.75 Å². The predicted molar refractivity (Wildman–Crippen MR) is 85.3 cm³/mol. The Kier molecular flexibility index (Phi) is 5.67. The second-order valence-corrected chi connectivity index (χ2v) is 4.98. The number of carbonyl (C=O) groups excluding carboxylic acids is 1. The zero-order valence-electron chi connectivity index (χ0n) is 12.7. The molecule has 0 aliphatic rings. The van der Waals surface area contributed by atoms with Crippen LogP contribution in [-0.2, 0) is 11.4 Å². The van der Waals surface area contributed by atoms with Crippen LogP contribution in [0.15, 0.2) is 53.5 Å². The SMILES string of the molecule is CCC(N=C=O)c1ccc(C(=O)O)c(OCc2ccccc2)c1. The largest absolute Gasteiger partial charge is 0.488 e. The molecule has 0 amide bonds. The molecular weight excluding hydrogens is 294 g/mol. The highest BCUT2D eigenvalue weighted by Crippen LogP contribution is 2.28. The first-order valence-corrected chi connectivity index (χ1v) is 7.26. The van der Waals surface area contributed by atoms with Gasteiger partial charge < -0.3 is 9.84 Å². The molecule has 1 N–H and O–H groups in total. The lowest BCUT2D eigenvalue weighted by Crippen LogP contribution is -2.05. The Labute approximate surface area is 134 Å². The third-order valence-electron chi connectivity index (χ3n) is 3.45. The zero-order chi connectivity index (χ0) is 16.7. The molecule has 1 atom stereocenters. The van der Waals surface area contributed by atoms with Crippen LogP contribution in [0.2, 0.25) is 0 Å². The molecule has 118 valence electrons. The summed E-state index contributed by atoms with van der Waals surface area (Å²) in [5, 5.41) is 9.29. The first kappa shape index (κ1) is 16.5. The number of carboxylic acid groups (broad SMARTS) is 1. The molecular formula is C18H17NO4. The maximum Gasteiger partial charge on any atom is 0.339 e. The van der Waals surface area contributed by atoms with Crippen LogP contribution in [0.1, 0.15) is 40.9 Å². The molecule has 2 rings (SSSR count). The van der Waals surface area contributed by atoms with Crippen molar-refractivity contribution < 1.29 is 19.4 Å². The Morgan fingerprint density at radius 2 is 2.00 bits per heavy atom. The minimum absolute atomic E-state index is 0.0783. The van der Waals surface area contributed by atoms with Gasteiger partial charge in [0.1, 0.15) is 17.9 Å². The van der Waals surface area contributed by atoms with E-state index in [4.69, 9.17) is 4.74 Å². The fraction of sp³-hybridized carbons (Fsp3) is 0.222. The molecule has 0 bridgehead atoms. The van der Waals surface area contributed by atoms with Crippen molar-refractivity contribution in [1.29, 1.82) is 0 Å². The molecule has 0 saturated carbocycles. The number of carbonyl (C=O) groups is 1. The highest BCUT2D eigenvalue weighted by molar-refractivity contribution is 5.91. The summed E-state index contributed by atoms with van der Waals surface area (Å²) in [6.07, 6.45) is 2.16. The minimum atomic E-state index is -1.06. The molecule has 5 nitrogen and oxygen atoms in total. The van der Waals surface area contributed by atoms with Crippen LogP contribution in [-0.4, -0.2) is 17.2 Å². The number of aromatic carboxylic acids is 1. The number of aliphatic imine (C=N–C) groups is 1. The molecule has 1 unspecified atom stereocenters. The standard InChI is InChI=1S/C18H17NO4/c1-2-16(19-12-20)14-8-9-15(18(21)22)17(10-14)23-11-13-6-4-3-5-7-13/h3-10,16H,2,11H2,1H3,(H,21,22). The van der Waals surface area contributed by atoms with Crippen LogP contribution >= 0.6 is 0 Å². The summed E-state index contributed by atoms with van der Waals surface area (Å²) >= 11 is 0. The normalized spacial score (nSPS) is 11.3. The van der Waals surface area contributed by atoms with Gasteiger partial charge in [0, 0.05) is 0 Å². The summed E-state index contributed by atoms with van der Waals surface area (Å²) in [6.45, 7) is 2.15. The number of ether oxygens (including phenoxy) is 1. The molecule has 5 heteroatoms. The smallest absolute Gasteiger partial charge is 0.339 e. The van der Waals surface area contributed by atoms with E-state index in [0.717, 1.165) is 11.1 Å². The molecule has 0 aromatic heterocycles. The van der Waals surface area contributed by atoms with Gasteiger partial charge in [0.15, 0.2) is 0 Å². The van der Waals surface area contributed by atoms with Gasteiger partial charge in [0.05, 0.1) is 6.04 Å². The van der Waals surface area contributed by atoms with Crippen LogP contribution < -0.4 is 4.74 Å². The number of rotatable bonds is 7. The molecule has 0 saturated heterocycles. The zero-order valence-corrected chi connectivity index (χ0v) is 12.7. The van der Waals surface area contributed by atoms with Gasteiger partial charge in [-0.1, -0.05) is 43.3 Å². The van der Waals surface area contributed by atoms with Gasteiger partial charge >= 0.3 is 5.97 Å². The average molecular weight is 311 g/mol. The lowest BCUT2D eigenvalue weighted by Gasteiger charge is -2.14. The second-order valence-electron chi connectivity index (χ2n) is 4.98. The van der Waals surface area contributed by atoms with E-state index in [1.54, 1.807) is 18.2 Å². The maximum atomic E-state index is 11.3. The van der Waals surface area contributed by atoms with Gasteiger partial charge in [-0.2, -0.15) is 4.99 Å². The Morgan fingerprint density at radius 3 is 2.61 bits per heavy atom. The first-order valence-electron chi connectivity index (χ1n) is 7.26. The molecule has 0 aliphatic carbocycles. The fourth-order valence-electron chi connectivity index (χ4n) is 2.24. The Balaban J connectivity index is 2.30. The van der Waals surface area contributed by atoms with Crippen molar-refractivity contribution in [3.05, 3.63) is 65.2 Å². The monoisotopic (exact) mass is 311 g/mol. The second kappa shape index (κ2) is 7.92. The highest BCUT2D eigenvalue weighted by Gasteiger charge is 2.16. The Morgan fingerprint density at radius 1 is 1.26 bits per heavy atom. The van der Waals surface area contributed by atoms with Crippen LogP contribution in [0.3, 0.4) is 0 Å². The van der Waals surface area contributed by atoms with Gasteiger partial charge in [-0.15, -0.1) is 0 Å². The van der Waals surface area contributed by atoms with E-state index in [2.05, 4.69) is 4.99 Å². The molecule has 0 heterocycles. The third kappa shape index (κ3) is 4.28. The van der Waals surface area contributed by atoms with Crippen molar-refractivity contribution in [3.63, 3.8) is 0 Å². The topological polar surface area (TPSA) is 76.0 Å². The van der Waals surface area contributed by atoms with Crippen molar-refractivity contribution in [2.75, 3.05) is 0 Å². The quantitative estimate of drug-likeness (QED) is 0.624. The van der Waals surface area contributed by atoms with E-state index >= 15 is 0 Å².